The maximum absolute atomic E-state index is 12.0. The monoisotopic (exact) mass is 370 g/mol. The highest BCUT2D eigenvalue weighted by molar-refractivity contribution is 7.80. The molecule has 0 aliphatic carbocycles. The van der Waals surface area contributed by atoms with E-state index < -0.39 is 0 Å². The lowest BCUT2D eigenvalue weighted by molar-refractivity contribution is -0.121. The van der Waals surface area contributed by atoms with Crippen LogP contribution in [0.4, 0.5) is 5.69 Å². The molecule has 0 heterocycles. The van der Waals surface area contributed by atoms with Crippen molar-refractivity contribution in [1.29, 1.82) is 0 Å². The number of carbonyl (C=O) groups excluding carboxylic acids is 1. The molecule has 0 fully saturated rings. The number of benzene rings is 3. The fourth-order valence-electron chi connectivity index (χ4n) is 2.30. The van der Waals surface area contributed by atoms with Gasteiger partial charge in [-0.3, -0.25) is 10.1 Å². The van der Waals surface area contributed by atoms with Gasteiger partial charge in [-0.1, -0.05) is 48.0 Å². The summed E-state index contributed by atoms with van der Waals surface area (Å²) in [5, 5.41) is 8.41. The molecule has 0 saturated heterocycles. The SMILES string of the molecule is O=C(COc1ccc2ccccc2c1)NC(=S)Nc1cccc(Cl)c1. The lowest BCUT2D eigenvalue weighted by Gasteiger charge is -2.11. The minimum absolute atomic E-state index is 0.129. The fourth-order valence-corrected chi connectivity index (χ4v) is 2.72. The quantitative estimate of drug-likeness (QED) is 0.669. The van der Waals surface area contributed by atoms with Crippen molar-refractivity contribution in [3.8, 4) is 5.75 Å². The smallest absolute Gasteiger partial charge is 0.264 e. The summed E-state index contributed by atoms with van der Waals surface area (Å²) in [6, 6.07) is 20.7. The average Bonchev–Trinajstić information content (AvgIpc) is 2.59. The number of halogens is 1. The molecule has 25 heavy (non-hydrogen) atoms. The standard InChI is InChI=1S/C19H15ClN2O2S/c20-15-6-3-7-16(11-15)21-19(25)22-18(23)12-24-17-9-8-13-4-1-2-5-14(13)10-17/h1-11H,12H2,(H2,21,22,23,25). The molecule has 3 aromatic rings. The average molecular weight is 371 g/mol. The number of hydrogen-bond donors (Lipinski definition) is 2. The highest BCUT2D eigenvalue weighted by atomic mass is 35.5. The summed E-state index contributed by atoms with van der Waals surface area (Å²) < 4.78 is 5.53. The third-order valence-corrected chi connectivity index (χ3v) is 3.87. The summed E-state index contributed by atoms with van der Waals surface area (Å²) in [5.74, 6) is 0.287. The minimum Gasteiger partial charge on any atom is -0.484 e. The van der Waals surface area contributed by atoms with Crippen LogP contribution in [0.5, 0.6) is 5.75 Å². The minimum atomic E-state index is -0.340. The van der Waals surface area contributed by atoms with Gasteiger partial charge in [-0.15, -0.1) is 0 Å². The Morgan fingerprint density at radius 3 is 2.60 bits per heavy atom. The lowest BCUT2D eigenvalue weighted by atomic mass is 10.1. The molecule has 4 nitrogen and oxygen atoms in total. The Bertz CT molecular complexity index is 930. The van der Waals surface area contributed by atoms with Gasteiger partial charge in [0.1, 0.15) is 5.75 Å². The Morgan fingerprint density at radius 2 is 1.80 bits per heavy atom. The first-order chi connectivity index (χ1) is 12.1. The van der Waals surface area contributed by atoms with Crippen LogP contribution in [-0.4, -0.2) is 17.6 Å². The molecular formula is C19H15ClN2O2S. The van der Waals surface area contributed by atoms with Crippen LogP contribution in [0.3, 0.4) is 0 Å². The van der Waals surface area contributed by atoms with Gasteiger partial charge in [0.15, 0.2) is 11.7 Å². The zero-order valence-corrected chi connectivity index (χ0v) is 14.7. The summed E-state index contributed by atoms with van der Waals surface area (Å²) >= 11 is 11.0. The van der Waals surface area contributed by atoms with E-state index in [2.05, 4.69) is 10.6 Å². The molecule has 0 radical (unpaired) electrons. The van der Waals surface area contributed by atoms with E-state index in [0.29, 0.717) is 16.5 Å². The second kappa shape index (κ2) is 7.96. The molecule has 2 N–H and O–H groups in total. The van der Waals surface area contributed by atoms with Crippen molar-refractivity contribution in [2.75, 3.05) is 11.9 Å². The van der Waals surface area contributed by atoms with Crippen molar-refractivity contribution >= 4 is 51.3 Å². The van der Waals surface area contributed by atoms with E-state index >= 15 is 0 Å². The molecule has 0 unspecified atom stereocenters. The highest BCUT2D eigenvalue weighted by Crippen LogP contribution is 2.20. The summed E-state index contributed by atoms with van der Waals surface area (Å²) in [5.41, 5.74) is 0.702. The van der Waals surface area contributed by atoms with Crippen molar-refractivity contribution < 1.29 is 9.53 Å². The number of thiocarbonyl (C=S) groups is 1. The van der Waals surface area contributed by atoms with E-state index in [1.807, 2.05) is 42.5 Å². The maximum Gasteiger partial charge on any atom is 0.264 e. The maximum atomic E-state index is 12.0. The van der Waals surface area contributed by atoms with Crippen LogP contribution in [0.2, 0.25) is 5.02 Å². The second-order valence-electron chi connectivity index (χ2n) is 5.31. The van der Waals surface area contributed by atoms with Crippen LogP contribution in [0.1, 0.15) is 0 Å². The van der Waals surface area contributed by atoms with Gasteiger partial charge < -0.3 is 10.1 Å². The summed E-state index contributed by atoms with van der Waals surface area (Å²) in [4.78, 5) is 12.0. The Balaban J connectivity index is 1.52. The number of carbonyl (C=O) groups is 1. The van der Waals surface area contributed by atoms with Gasteiger partial charge >= 0.3 is 0 Å². The van der Waals surface area contributed by atoms with E-state index in [0.717, 1.165) is 10.8 Å². The van der Waals surface area contributed by atoms with Gasteiger partial charge in [-0.05, 0) is 53.3 Å². The molecule has 3 aromatic carbocycles. The highest BCUT2D eigenvalue weighted by Gasteiger charge is 2.07. The van der Waals surface area contributed by atoms with Gasteiger partial charge in [0, 0.05) is 10.7 Å². The topological polar surface area (TPSA) is 50.4 Å². The Morgan fingerprint density at radius 1 is 1.00 bits per heavy atom. The second-order valence-corrected chi connectivity index (χ2v) is 6.15. The normalized spacial score (nSPS) is 10.3. The van der Waals surface area contributed by atoms with Crippen LogP contribution >= 0.6 is 23.8 Å². The third kappa shape index (κ3) is 4.92. The fraction of sp³-hybridized carbons (Fsp3) is 0.0526. The summed E-state index contributed by atoms with van der Waals surface area (Å²) in [6.45, 7) is -0.129. The first kappa shape index (κ1) is 17.2. The van der Waals surface area contributed by atoms with Crippen molar-refractivity contribution in [3.05, 3.63) is 71.8 Å². The number of nitrogens with one attached hydrogen (secondary N) is 2. The number of ether oxygens (including phenoxy) is 1. The predicted molar refractivity (Wildman–Crippen MR) is 105 cm³/mol. The molecule has 6 heteroatoms. The summed E-state index contributed by atoms with van der Waals surface area (Å²) in [7, 11) is 0. The van der Waals surface area contributed by atoms with Gasteiger partial charge in [-0.2, -0.15) is 0 Å². The number of fused-ring (bicyclic) bond motifs is 1. The van der Waals surface area contributed by atoms with Crippen LogP contribution in [-0.2, 0) is 4.79 Å². The number of hydrogen-bond acceptors (Lipinski definition) is 3. The van der Waals surface area contributed by atoms with Crippen LogP contribution in [0, 0.1) is 0 Å². The van der Waals surface area contributed by atoms with Crippen LogP contribution in [0.15, 0.2) is 66.7 Å². The number of amides is 1. The van der Waals surface area contributed by atoms with Crippen molar-refractivity contribution in [2.24, 2.45) is 0 Å². The zero-order chi connectivity index (χ0) is 17.6. The van der Waals surface area contributed by atoms with Gasteiger partial charge in [0.2, 0.25) is 0 Å². The zero-order valence-electron chi connectivity index (χ0n) is 13.2. The molecular weight excluding hydrogens is 356 g/mol. The van der Waals surface area contributed by atoms with E-state index in [1.54, 1.807) is 24.3 Å². The van der Waals surface area contributed by atoms with Gasteiger partial charge in [0.25, 0.3) is 5.91 Å². The first-order valence-corrected chi connectivity index (χ1v) is 8.37. The lowest BCUT2D eigenvalue weighted by Crippen LogP contribution is -2.37. The number of rotatable bonds is 4. The van der Waals surface area contributed by atoms with E-state index in [1.165, 1.54) is 0 Å². The predicted octanol–water partition coefficient (Wildman–Crippen LogP) is 4.39. The van der Waals surface area contributed by atoms with Crippen LogP contribution in [0.25, 0.3) is 10.8 Å². The van der Waals surface area contributed by atoms with E-state index in [9.17, 15) is 4.79 Å². The Hall–Kier alpha value is -2.63. The number of anilines is 1. The first-order valence-electron chi connectivity index (χ1n) is 7.58. The van der Waals surface area contributed by atoms with E-state index in [-0.39, 0.29) is 17.6 Å². The molecule has 0 aliphatic heterocycles. The molecule has 0 bridgehead atoms. The Kier molecular flexibility index (Phi) is 5.48. The summed E-state index contributed by atoms with van der Waals surface area (Å²) in [6.07, 6.45) is 0. The van der Waals surface area contributed by atoms with E-state index in [4.69, 9.17) is 28.6 Å². The molecule has 0 aliphatic rings. The van der Waals surface area contributed by atoms with Crippen molar-refractivity contribution in [1.82, 2.24) is 5.32 Å². The molecule has 0 saturated carbocycles. The molecule has 0 atom stereocenters. The van der Waals surface area contributed by atoms with Gasteiger partial charge in [-0.25, -0.2) is 0 Å². The largest absolute Gasteiger partial charge is 0.484 e. The molecule has 3 rings (SSSR count). The third-order valence-electron chi connectivity index (χ3n) is 3.43. The van der Waals surface area contributed by atoms with Gasteiger partial charge in [0.05, 0.1) is 0 Å². The van der Waals surface area contributed by atoms with Crippen molar-refractivity contribution in [3.63, 3.8) is 0 Å². The van der Waals surface area contributed by atoms with Crippen LogP contribution < -0.4 is 15.4 Å². The van der Waals surface area contributed by atoms with Crippen molar-refractivity contribution in [2.45, 2.75) is 0 Å². The molecule has 1 amide bonds. The molecule has 0 spiro atoms. The molecule has 126 valence electrons. The molecule has 0 aromatic heterocycles. The Labute approximate surface area is 155 Å².